The summed E-state index contributed by atoms with van der Waals surface area (Å²) in [5.41, 5.74) is 4.74. The van der Waals surface area contributed by atoms with Crippen LogP contribution < -0.4 is 15.6 Å². The fourth-order valence-electron chi connectivity index (χ4n) is 3.42. The molecule has 1 aliphatic rings. The van der Waals surface area contributed by atoms with Crippen LogP contribution in [-0.4, -0.2) is 52.7 Å². The summed E-state index contributed by atoms with van der Waals surface area (Å²) >= 11 is 0. The molecular weight excluding hydrogens is 487 g/mol. The average Bonchev–Trinajstić information content (AvgIpc) is 3.44. The summed E-state index contributed by atoms with van der Waals surface area (Å²) < 4.78 is 56.2. The second-order valence-corrected chi connectivity index (χ2v) is 7.79. The Morgan fingerprint density at radius 2 is 1.94 bits per heavy atom. The van der Waals surface area contributed by atoms with Crippen molar-refractivity contribution in [2.75, 3.05) is 19.8 Å². The zero-order valence-electron chi connectivity index (χ0n) is 19.8. The predicted octanol–water partition coefficient (Wildman–Crippen LogP) is 2.26. The number of likely N-dealkylation sites (tertiary alicyclic amines) is 1. The molecule has 1 aromatic heterocycles. The molecule has 2 aromatic rings. The topological polar surface area (TPSA) is 168 Å². The molecule has 198 valence electrons. The number of unbranched alkanes of at least 4 members (excludes halogenated alkanes) is 1. The van der Waals surface area contributed by atoms with Crippen LogP contribution in [0.25, 0.3) is 11.4 Å². The summed E-state index contributed by atoms with van der Waals surface area (Å²) in [4.78, 5) is 25.4. The highest BCUT2D eigenvalue weighted by atomic mass is 19.4. The highest BCUT2D eigenvalue weighted by molar-refractivity contribution is 5.75. The van der Waals surface area contributed by atoms with Crippen LogP contribution in [-0.2, 0) is 20.5 Å². The van der Waals surface area contributed by atoms with E-state index in [9.17, 15) is 18.0 Å². The van der Waals surface area contributed by atoms with Crippen LogP contribution in [0.15, 0.2) is 22.7 Å². The number of carboxylic acids is 1. The number of aliphatic carboxylic acids is 1. The quantitative estimate of drug-likeness (QED) is 0.231. The first-order chi connectivity index (χ1) is 16.9. The normalized spacial score (nSPS) is 15.1. The molecule has 0 aliphatic carbocycles. The molecule has 1 atom stereocenters. The third-order valence-corrected chi connectivity index (χ3v) is 4.93. The molecule has 0 saturated carbocycles. The molecule has 14 heteroatoms. The summed E-state index contributed by atoms with van der Waals surface area (Å²) in [7, 11) is 0. The van der Waals surface area contributed by atoms with Gasteiger partial charge in [0.25, 0.3) is 0 Å². The summed E-state index contributed by atoms with van der Waals surface area (Å²) in [6.07, 6.45) is -2.31. The van der Waals surface area contributed by atoms with E-state index in [4.69, 9.17) is 35.0 Å². The van der Waals surface area contributed by atoms with Gasteiger partial charge in [0, 0.05) is 25.0 Å². The number of guanidine groups is 1. The number of rotatable bonds is 8. The highest BCUT2D eigenvalue weighted by Gasteiger charge is 2.36. The van der Waals surface area contributed by atoms with Gasteiger partial charge in [-0.15, -0.1) is 0 Å². The van der Waals surface area contributed by atoms with Crippen LogP contribution >= 0.6 is 0 Å². The lowest BCUT2D eigenvalue weighted by atomic mass is 10.1. The van der Waals surface area contributed by atoms with Crippen molar-refractivity contribution in [3.8, 4) is 17.1 Å². The maximum absolute atomic E-state index is 13.6. The number of ether oxygens (including phenoxy) is 2. The SMILES string of the molecule is CC(=O)OCCCCOc1ccc(-c2noc([C@@H]3CCCN3C(=N)N)n2)cc1C(F)(F)F.CC(=O)[O-]. The van der Waals surface area contributed by atoms with Gasteiger partial charge in [0.15, 0.2) is 5.96 Å². The Balaban J connectivity index is 0.00000106. The Bertz CT molecular complexity index is 1060. The van der Waals surface area contributed by atoms with Crippen molar-refractivity contribution in [2.24, 2.45) is 5.73 Å². The van der Waals surface area contributed by atoms with Gasteiger partial charge in [-0.1, -0.05) is 5.16 Å². The molecule has 1 saturated heterocycles. The fraction of sp³-hybridized carbons (Fsp3) is 0.500. The lowest BCUT2D eigenvalue weighted by molar-refractivity contribution is -0.302. The molecule has 1 aliphatic heterocycles. The van der Waals surface area contributed by atoms with Crippen molar-refractivity contribution in [3.05, 3.63) is 29.7 Å². The molecule has 0 unspecified atom stereocenters. The molecule has 0 amide bonds. The number of hydrogen-bond acceptors (Lipinski definition) is 9. The zero-order chi connectivity index (χ0) is 26.9. The third-order valence-electron chi connectivity index (χ3n) is 4.93. The van der Waals surface area contributed by atoms with Crippen LogP contribution in [0.3, 0.4) is 0 Å². The first-order valence-electron chi connectivity index (χ1n) is 11.0. The predicted molar refractivity (Wildman–Crippen MR) is 117 cm³/mol. The lowest BCUT2D eigenvalue weighted by Crippen LogP contribution is -2.35. The average molecular weight is 514 g/mol. The van der Waals surface area contributed by atoms with Gasteiger partial charge in [-0.05, 0) is 50.8 Å². The molecule has 0 spiro atoms. The smallest absolute Gasteiger partial charge is 0.419 e. The van der Waals surface area contributed by atoms with Crippen molar-refractivity contribution in [1.29, 1.82) is 5.41 Å². The van der Waals surface area contributed by atoms with Crippen molar-refractivity contribution >= 4 is 17.9 Å². The number of carboxylic acid groups (broad SMARTS) is 1. The van der Waals surface area contributed by atoms with E-state index in [1.54, 1.807) is 4.90 Å². The first-order valence-corrected chi connectivity index (χ1v) is 11.0. The van der Waals surface area contributed by atoms with Crippen molar-refractivity contribution in [1.82, 2.24) is 15.0 Å². The van der Waals surface area contributed by atoms with Crippen LogP contribution in [0.4, 0.5) is 13.2 Å². The molecule has 1 aromatic carbocycles. The lowest BCUT2D eigenvalue weighted by Gasteiger charge is -2.21. The van der Waals surface area contributed by atoms with Crippen LogP contribution in [0, 0.1) is 5.41 Å². The van der Waals surface area contributed by atoms with Gasteiger partial charge >= 0.3 is 12.1 Å². The number of carbonyl (C=O) groups is 2. The molecule has 0 bridgehead atoms. The molecule has 36 heavy (non-hydrogen) atoms. The van der Waals surface area contributed by atoms with Gasteiger partial charge < -0.3 is 34.5 Å². The summed E-state index contributed by atoms with van der Waals surface area (Å²) in [5.74, 6) is -1.72. The van der Waals surface area contributed by atoms with Crippen molar-refractivity contribution < 1.29 is 41.9 Å². The van der Waals surface area contributed by atoms with Crippen molar-refractivity contribution in [3.63, 3.8) is 0 Å². The summed E-state index contributed by atoms with van der Waals surface area (Å²) in [6.45, 7) is 3.06. The standard InChI is InChI=1S/C20H24F3N5O4.C2H4O2/c1-12(29)30-9-2-3-10-31-16-7-6-13(11-14(16)20(21,22)23)17-26-18(32-27-17)15-5-4-8-28(15)19(24)25;1-2(3)4/h6-7,11,15H,2-5,8-10H2,1H3,(H3,24,25);1H3,(H,3,4)/p-1/t15-;/m0./s1. The second-order valence-electron chi connectivity index (χ2n) is 7.79. The summed E-state index contributed by atoms with van der Waals surface area (Å²) in [5, 5.41) is 20.3. The maximum Gasteiger partial charge on any atom is 0.419 e. The van der Waals surface area contributed by atoms with E-state index in [0.29, 0.717) is 25.8 Å². The molecular formula is C22H27F3N5O6-. The van der Waals surface area contributed by atoms with Gasteiger partial charge in [0.1, 0.15) is 11.8 Å². The molecule has 11 nitrogen and oxygen atoms in total. The Hall–Kier alpha value is -3.84. The summed E-state index contributed by atoms with van der Waals surface area (Å²) in [6, 6.07) is 3.19. The largest absolute Gasteiger partial charge is 0.550 e. The number of nitrogens with one attached hydrogen (secondary N) is 1. The van der Waals surface area contributed by atoms with E-state index in [-0.39, 0.29) is 48.2 Å². The van der Waals surface area contributed by atoms with Crippen molar-refractivity contribution in [2.45, 2.75) is 51.7 Å². The van der Waals surface area contributed by atoms with Crippen LogP contribution in [0.2, 0.25) is 0 Å². The number of nitrogens with zero attached hydrogens (tertiary/aromatic N) is 3. The van der Waals surface area contributed by atoms with Gasteiger partial charge in [0.05, 0.1) is 18.8 Å². The highest BCUT2D eigenvalue weighted by Crippen LogP contribution is 2.39. The number of esters is 1. The minimum atomic E-state index is -4.65. The van der Waals surface area contributed by atoms with Gasteiger partial charge in [-0.3, -0.25) is 10.2 Å². The van der Waals surface area contributed by atoms with Gasteiger partial charge in [-0.25, -0.2) is 0 Å². The minimum absolute atomic E-state index is 0.00818. The van der Waals surface area contributed by atoms with Gasteiger partial charge in [0.2, 0.25) is 11.7 Å². The second kappa shape index (κ2) is 12.7. The number of halogens is 3. The number of benzene rings is 1. The molecule has 3 N–H and O–H groups in total. The molecule has 1 fully saturated rings. The zero-order valence-corrected chi connectivity index (χ0v) is 19.8. The van der Waals surface area contributed by atoms with E-state index < -0.39 is 23.7 Å². The maximum atomic E-state index is 13.6. The molecule has 2 heterocycles. The number of aromatic nitrogens is 2. The fourth-order valence-corrected chi connectivity index (χ4v) is 3.42. The Morgan fingerprint density at radius 3 is 2.56 bits per heavy atom. The van der Waals surface area contributed by atoms with E-state index in [1.165, 1.54) is 19.1 Å². The minimum Gasteiger partial charge on any atom is -0.550 e. The Labute approximate surface area is 204 Å². The van der Waals surface area contributed by atoms with E-state index in [1.807, 2.05) is 0 Å². The Kier molecular flexibility index (Phi) is 10.1. The van der Waals surface area contributed by atoms with Crippen LogP contribution in [0.5, 0.6) is 5.75 Å². The third kappa shape index (κ3) is 8.43. The van der Waals surface area contributed by atoms with Crippen LogP contribution in [0.1, 0.15) is 57.0 Å². The van der Waals surface area contributed by atoms with E-state index >= 15 is 0 Å². The number of nitrogens with two attached hydrogens (primary N) is 1. The van der Waals surface area contributed by atoms with E-state index in [2.05, 4.69) is 10.1 Å². The number of alkyl halides is 3. The monoisotopic (exact) mass is 514 g/mol. The molecule has 3 rings (SSSR count). The molecule has 0 radical (unpaired) electrons. The van der Waals surface area contributed by atoms with E-state index in [0.717, 1.165) is 19.4 Å². The number of hydrogen-bond donors (Lipinski definition) is 2. The Morgan fingerprint density at radius 1 is 1.28 bits per heavy atom. The first kappa shape index (κ1) is 28.4. The number of carbonyl (C=O) groups excluding carboxylic acids is 2. The van der Waals surface area contributed by atoms with Gasteiger partial charge in [-0.2, -0.15) is 18.2 Å².